The predicted octanol–water partition coefficient (Wildman–Crippen LogP) is 2.61. The quantitative estimate of drug-likeness (QED) is 0.454. The third-order valence-electron chi connectivity index (χ3n) is 5.12. The van der Waals surface area contributed by atoms with Crippen LogP contribution in [-0.4, -0.2) is 30.2 Å². The molecular weight excluding hydrogens is 372 g/mol. The van der Waals surface area contributed by atoms with Crippen molar-refractivity contribution in [2.75, 3.05) is 16.3 Å². The van der Waals surface area contributed by atoms with Gasteiger partial charge < -0.3 is 9.64 Å². The number of hydrogen-bond donors (Lipinski definition) is 0. The summed E-state index contributed by atoms with van der Waals surface area (Å²) in [5, 5.41) is 0. The molecule has 2 aliphatic rings. The number of hydrogen-bond acceptors (Lipinski definition) is 5. The zero-order valence-electron chi connectivity index (χ0n) is 16.0. The lowest BCUT2D eigenvalue weighted by Crippen LogP contribution is -2.29. The zero-order chi connectivity index (χ0) is 20.5. The molecule has 0 bridgehead atoms. The fourth-order valence-corrected chi connectivity index (χ4v) is 3.66. The number of rotatable bonds is 4. The summed E-state index contributed by atoms with van der Waals surface area (Å²) in [7, 11) is 0. The van der Waals surface area contributed by atoms with E-state index in [-0.39, 0.29) is 49.3 Å². The van der Waals surface area contributed by atoms with Gasteiger partial charge in [0.2, 0.25) is 17.7 Å². The minimum Gasteiger partial charge on any atom is -0.426 e. The first-order valence-electron chi connectivity index (χ1n) is 9.47. The van der Waals surface area contributed by atoms with Crippen molar-refractivity contribution in [3.63, 3.8) is 0 Å². The molecule has 29 heavy (non-hydrogen) atoms. The summed E-state index contributed by atoms with van der Waals surface area (Å²) in [6, 6.07) is 13.9. The SMILES string of the molecule is Cc1cccc(N2C[C@@H](C(=O)Oc3cccc(N4C(=O)CCC4=O)c3)CC2=O)c1. The van der Waals surface area contributed by atoms with Gasteiger partial charge in [0, 0.05) is 37.6 Å². The van der Waals surface area contributed by atoms with Gasteiger partial charge in [0.05, 0.1) is 11.6 Å². The van der Waals surface area contributed by atoms with E-state index >= 15 is 0 Å². The molecule has 4 rings (SSSR count). The highest BCUT2D eigenvalue weighted by atomic mass is 16.5. The van der Waals surface area contributed by atoms with E-state index in [0.717, 1.165) is 16.2 Å². The van der Waals surface area contributed by atoms with Gasteiger partial charge in [0.15, 0.2) is 0 Å². The fourth-order valence-electron chi connectivity index (χ4n) is 3.66. The molecule has 3 amide bonds. The van der Waals surface area contributed by atoms with Crippen LogP contribution in [0, 0.1) is 12.8 Å². The number of aryl methyl sites for hydroxylation is 1. The van der Waals surface area contributed by atoms with Crippen LogP contribution >= 0.6 is 0 Å². The van der Waals surface area contributed by atoms with Crippen LogP contribution in [-0.2, 0) is 19.2 Å². The Kier molecular flexibility index (Phi) is 4.88. The lowest BCUT2D eigenvalue weighted by molar-refractivity contribution is -0.139. The van der Waals surface area contributed by atoms with E-state index in [2.05, 4.69) is 0 Å². The molecule has 0 saturated carbocycles. The van der Waals surface area contributed by atoms with Crippen LogP contribution < -0.4 is 14.5 Å². The van der Waals surface area contributed by atoms with Gasteiger partial charge in [-0.15, -0.1) is 0 Å². The van der Waals surface area contributed by atoms with Crippen molar-refractivity contribution < 1.29 is 23.9 Å². The number of nitrogens with zero attached hydrogens (tertiary/aromatic N) is 2. The summed E-state index contributed by atoms with van der Waals surface area (Å²) in [5.74, 6) is -1.52. The summed E-state index contributed by atoms with van der Waals surface area (Å²) in [4.78, 5) is 51.5. The molecule has 0 N–H and O–H groups in total. The number of benzene rings is 2. The minimum absolute atomic E-state index is 0.0789. The van der Waals surface area contributed by atoms with Crippen molar-refractivity contribution in [1.82, 2.24) is 0 Å². The molecule has 0 unspecified atom stereocenters. The normalized spacial score (nSPS) is 19.2. The smallest absolute Gasteiger partial charge is 0.316 e. The largest absolute Gasteiger partial charge is 0.426 e. The molecule has 0 spiro atoms. The maximum atomic E-state index is 12.6. The fraction of sp³-hybridized carbons (Fsp3) is 0.273. The Bertz CT molecular complexity index is 1000. The van der Waals surface area contributed by atoms with Gasteiger partial charge in [-0.3, -0.25) is 24.1 Å². The second-order valence-corrected chi connectivity index (χ2v) is 7.29. The molecule has 148 valence electrons. The predicted molar refractivity (Wildman–Crippen MR) is 105 cm³/mol. The van der Waals surface area contributed by atoms with Crippen LogP contribution in [0.1, 0.15) is 24.8 Å². The molecule has 1 atom stereocenters. The van der Waals surface area contributed by atoms with Gasteiger partial charge in [0.1, 0.15) is 5.75 Å². The third-order valence-corrected chi connectivity index (χ3v) is 5.12. The Labute approximate surface area is 167 Å². The highest BCUT2D eigenvalue weighted by molar-refractivity contribution is 6.19. The van der Waals surface area contributed by atoms with Crippen LogP contribution in [0.2, 0.25) is 0 Å². The molecule has 2 saturated heterocycles. The van der Waals surface area contributed by atoms with E-state index in [1.807, 2.05) is 31.2 Å². The van der Waals surface area contributed by atoms with E-state index in [1.165, 1.54) is 6.07 Å². The van der Waals surface area contributed by atoms with Crippen molar-refractivity contribution in [2.24, 2.45) is 5.92 Å². The molecule has 2 heterocycles. The minimum atomic E-state index is -0.582. The third kappa shape index (κ3) is 3.76. The Morgan fingerprint density at radius 2 is 1.62 bits per heavy atom. The molecule has 2 aromatic carbocycles. The monoisotopic (exact) mass is 392 g/mol. The van der Waals surface area contributed by atoms with Gasteiger partial charge >= 0.3 is 5.97 Å². The van der Waals surface area contributed by atoms with E-state index in [0.29, 0.717) is 5.69 Å². The molecule has 2 aliphatic heterocycles. The standard InChI is InChI=1S/C22H20N2O5/c1-14-4-2-5-16(10-14)23-13-15(11-21(23)27)22(28)29-18-7-3-6-17(12-18)24-19(25)8-9-20(24)26/h2-7,10,12,15H,8-9,11,13H2,1H3/t15-/m0/s1. The van der Waals surface area contributed by atoms with E-state index in [1.54, 1.807) is 23.1 Å². The molecule has 7 heteroatoms. The van der Waals surface area contributed by atoms with Gasteiger partial charge in [-0.25, -0.2) is 0 Å². The lowest BCUT2D eigenvalue weighted by atomic mass is 10.1. The maximum absolute atomic E-state index is 12.6. The lowest BCUT2D eigenvalue weighted by Gasteiger charge is -2.17. The Balaban J connectivity index is 1.46. The topological polar surface area (TPSA) is 84.0 Å². The average molecular weight is 392 g/mol. The summed E-state index contributed by atoms with van der Waals surface area (Å²) in [6.45, 7) is 2.20. The van der Waals surface area contributed by atoms with Crippen molar-refractivity contribution in [3.05, 3.63) is 54.1 Å². The van der Waals surface area contributed by atoms with Crippen molar-refractivity contribution in [2.45, 2.75) is 26.2 Å². The number of esters is 1. The van der Waals surface area contributed by atoms with Crippen molar-refractivity contribution in [3.8, 4) is 5.75 Å². The van der Waals surface area contributed by atoms with Gasteiger partial charge in [0.25, 0.3) is 0 Å². The van der Waals surface area contributed by atoms with Crippen LogP contribution in [0.3, 0.4) is 0 Å². The summed E-state index contributed by atoms with van der Waals surface area (Å²) >= 11 is 0. The summed E-state index contributed by atoms with van der Waals surface area (Å²) in [5.41, 5.74) is 2.18. The van der Waals surface area contributed by atoms with Gasteiger partial charge in [-0.2, -0.15) is 0 Å². The summed E-state index contributed by atoms with van der Waals surface area (Å²) in [6.07, 6.45) is 0.444. The second kappa shape index (κ2) is 7.50. The Morgan fingerprint density at radius 1 is 0.931 bits per heavy atom. The van der Waals surface area contributed by atoms with Crippen LogP contribution in [0.5, 0.6) is 5.75 Å². The number of amides is 3. The first-order chi connectivity index (χ1) is 13.9. The van der Waals surface area contributed by atoms with E-state index in [4.69, 9.17) is 4.74 Å². The van der Waals surface area contributed by atoms with Gasteiger partial charge in [-0.05, 0) is 36.8 Å². The number of carbonyl (C=O) groups excluding carboxylic acids is 4. The molecule has 0 radical (unpaired) electrons. The first kappa shape index (κ1) is 18.9. The molecule has 7 nitrogen and oxygen atoms in total. The van der Waals surface area contributed by atoms with Crippen LogP contribution in [0.25, 0.3) is 0 Å². The number of ether oxygens (including phenoxy) is 1. The maximum Gasteiger partial charge on any atom is 0.316 e. The molecule has 0 aliphatic carbocycles. The van der Waals surface area contributed by atoms with Gasteiger partial charge in [-0.1, -0.05) is 18.2 Å². The van der Waals surface area contributed by atoms with Crippen molar-refractivity contribution in [1.29, 1.82) is 0 Å². The zero-order valence-corrected chi connectivity index (χ0v) is 16.0. The molecular formula is C22H20N2O5. The summed E-state index contributed by atoms with van der Waals surface area (Å²) < 4.78 is 5.46. The average Bonchev–Trinajstić information content (AvgIpc) is 3.24. The highest BCUT2D eigenvalue weighted by Gasteiger charge is 2.36. The van der Waals surface area contributed by atoms with Crippen LogP contribution in [0.4, 0.5) is 11.4 Å². The molecule has 2 fully saturated rings. The number of imide groups is 1. The Morgan fingerprint density at radius 3 is 2.34 bits per heavy atom. The second-order valence-electron chi connectivity index (χ2n) is 7.29. The number of carbonyl (C=O) groups is 4. The highest BCUT2D eigenvalue weighted by Crippen LogP contribution is 2.29. The molecule has 0 aromatic heterocycles. The van der Waals surface area contributed by atoms with E-state index in [9.17, 15) is 19.2 Å². The van der Waals surface area contributed by atoms with Crippen LogP contribution in [0.15, 0.2) is 48.5 Å². The van der Waals surface area contributed by atoms with Crippen molar-refractivity contribution >= 4 is 35.1 Å². The number of anilines is 2. The van der Waals surface area contributed by atoms with E-state index < -0.39 is 11.9 Å². The molecule has 2 aromatic rings. The Hall–Kier alpha value is -3.48. The first-order valence-corrected chi connectivity index (χ1v) is 9.47.